The summed E-state index contributed by atoms with van der Waals surface area (Å²) in [5.41, 5.74) is 2.46. The molecule has 16 heavy (non-hydrogen) atoms. The van der Waals surface area contributed by atoms with Crippen molar-refractivity contribution in [1.82, 2.24) is 4.57 Å². The van der Waals surface area contributed by atoms with Crippen LogP contribution in [0.4, 0.5) is 4.39 Å². The Balaban J connectivity index is 2.60. The zero-order valence-electron chi connectivity index (χ0n) is 8.66. The number of rotatable bonds is 0. The Kier molecular flexibility index (Phi) is 1.78. The molecule has 3 heteroatoms. The van der Waals surface area contributed by atoms with E-state index in [4.69, 9.17) is 0 Å². The maximum Gasteiger partial charge on any atom is 0.251 e. The molecular formula is C13H10FNO. The van der Waals surface area contributed by atoms with Crippen LogP contribution in [0, 0.1) is 5.82 Å². The van der Waals surface area contributed by atoms with Crippen molar-refractivity contribution < 1.29 is 4.39 Å². The van der Waals surface area contributed by atoms with Crippen molar-refractivity contribution in [3.05, 3.63) is 52.6 Å². The predicted octanol–water partition coefficient (Wildman–Crippen LogP) is 2.56. The molecule has 1 aromatic carbocycles. The summed E-state index contributed by atoms with van der Waals surface area (Å²) >= 11 is 0. The third-order valence-corrected chi connectivity index (χ3v) is 3.11. The number of hydrogen-bond donors (Lipinski definition) is 0. The Morgan fingerprint density at radius 2 is 2.06 bits per heavy atom. The first kappa shape index (κ1) is 9.33. The lowest BCUT2D eigenvalue weighted by molar-refractivity contribution is 0.634. The fourth-order valence-corrected chi connectivity index (χ4v) is 2.28. The van der Waals surface area contributed by atoms with Gasteiger partial charge in [0.1, 0.15) is 5.82 Å². The highest BCUT2D eigenvalue weighted by Crippen LogP contribution is 2.31. The number of aryl methyl sites for hydroxylation is 1. The molecule has 1 aliphatic rings. The van der Waals surface area contributed by atoms with Gasteiger partial charge in [-0.05, 0) is 30.2 Å². The Morgan fingerprint density at radius 1 is 1.25 bits per heavy atom. The fourth-order valence-electron chi connectivity index (χ4n) is 2.28. The number of benzene rings is 1. The smallest absolute Gasteiger partial charge is 0.251 e. The molecule has 3 rings (SSSR count). The minimum atomic E-state index is -0.290. The van der Waals surface area contributed by atoms with Gasteiger partial charge in [-0.15, -0.1) is 0 Å². The minimum Gasteiger partial charge on any atom is -0.307 e. The first-order chi connectivity index (χ1) is 7.68. The lowest BCUT2D eigenvalue weighted by Gasteiger charge is -2.20. The second kappa shape index (κ2) is 3.04. The van der Waals surface area contributed by atoms with Crippen molar-refractivity contribution in [2.45, 2.75) is 13.0 Å². The highest BCUT2D eigenvalue weighted by molar-refractivity contribution is 5.92. The molecule has 0 bridgehead atoms. The normalized spacial score (nSPS) is 14.4. The molecule has 0 saturated carbocycles. The van der Waals surface area contributed by atoms with Gasteiger partial charge in [-0.2, -0.15) is 0 Å². The van der Waals surface area contributed by atoms with Gasteiger partial charge in [0.25, 0.3) is 5.56 Å². The molecule has 1 aromatic heterocycles. The van der Waals surface area contributed by atoms with E-state index in [1.54, 1.807) is 16.7 Å². The van der Waals surface area contributed by atoms with E-state index in [-0.39, 0.29) is 11.4 Å². The number of aromatic nitrogens is 1. The van der Waals surface area contributed by atoms with Crippen molar-refractivity contribution >= 4 is 16.5 Å². The summed E-state index contributed by atoms with van der Waals surface area (Å²) in [6.45, 7) is 4.55. The molecule has 0 atom stereocenters. The summed E-state index contributed by atoms with van der Waals surface area (Å²) in [6.07, 6.45) is 0.748. The average molecular weight is 215 g/mol. The number of nitrogens with zero attached hydrogens (tertiary/aromatic N) is 1. The highest BCUT2D eigenvalue weighted by atomic mass is 19.1. The van der Waals surface area contributed by atoms with Gasteiger partial charge in [0.15, 0.2) is 0 Å². The van der Waals surface area contributed by atoms with E-state index in [1.165, 1.54) is 12.1 Å². The van der Waals surface area contributed by atoms with Gasteiger partial charge >= 0.3 is 0 Å². The molecule has 0 fully saturated rings. The van der Waals surface area contributed by atoms with Crippen molar-refractivity contribution in [2.75, 3.05) is 0 Å². The number of allylic oxidation sites excluding steroid dienone is 1. The molecule has 0 unspecified atom stereocenters. The number of hydrogen-bond acceptors (Lipinski definition) is 1. The van der Waals surface area contributed by atoms with Gasteiger partial charge in [-0.25, -0.2) is 4.39 Å². The van der Waals surface area contributed by atoms with E-state index in [2.05, 4.69) is 6.58 Å². The summed E-state index contributed by atoms with van der Waals surface area (Å²) in [5.74, 6) is -0.290. The van der Waals surface area contributed by atoms with Gasteiger partial charge in [-0.3, -0.25) is 4.79 Å². The largest absolute Gasteiger partial charge is 0.307 e. The number of pyridine rings is 1. The zero-order chi connectivity index (χ0) is 11.3. The van der Waals surface area contributed by atoms with Crippen LogP contribution in [0.25, 0.3) is 16.5 Å². The molecule has 2 aromatic rings. The van der Waals surface area contributed by atoms with E-state index in [1.807, 2.05) is 0 Å². The molecule has 2 heterocycles. The van der Waals surface area contributed by atoms with Crippen molar-refractivity contribution in [3.63, 3.8) is 0 Å². The molecular weight excluding hydrogens is 205 g/mol. The highest BCUT2D eigenvalue weighted by Gasteiger charge is 2.17. The maximum absolute atomic E-state index is 13.6. The van der Waals surface area contributed by atoms with Gasteiger partial charge in [0, 0.05) is 23.6 Å². The van der Waals surface area contributed by atoms with Gasteiger partial charge < -0.3 is 4.57 Å². The van der Waals surface area contributed by atoms with Crippen LogP contribution < -0.4 is 5.56 Å². The fraction of sp³-hybridized carbons (Fsp3) is 0.154. The Bertz CT molecular complexity index is 669. The lowest BCUT2D eigenvalue weighted by Crippen LogP contribution is -2.23. The topological polar surface area (TPSA) is 22.0 Å². The van der Waals surface area contributed by atoms with Gasteiger partial charge in [-0.1, -0.05) is 6.58 Å². The van der Waals surface area contributed by atoms with Crippen LogP contribution in [0.1, 0.15) is 12.0 Å². The van der Waals surface area contributed by atoms with E-state index >= 15 is 0 Å². The average Bonchev–Trinajstić information content (AvgIpc) is 2.27. The summed E-state index contributed by atoms with van der Waals surface area (Å²) < 4.78 is 15.2. The summed E-state index contributed by atoms with van der Waals surface area (Å²) in [7, 11) is 0. The molecule has 0 N–H and O–H groups in total. The molecule has 0 spiro atoms. The van der Waals surface area contributed by atoms with E-state index in [0.717, 1.165) is 17.6 Å². The standard InChI is InChI=1S/C13H10FNO/c1-8-6-7-15-12(16)5-3-10-11(14)4-2-9(8)13(10)15/h2-5H,1,6-7H2. The predicted molar refractivity (Wildman–Crippen MR) is 61.8 cm³/mol. The van der Waals surface area contributed by atoms with E-state index in [9.17, 15) is 9.18 Å². The van der Waals surface area contributed by atoms with Gasteiger partial charge in [0.05, 0.1) is 5.52 Å². The summed E-state index contributed by atoms with van der Waals surface area (Å²) in [6, 6.07) is 6.10. The Labute approximate surface area is 91.6 Å². The molecule has 0 aliphatic carbocycles. The molecule has 0 radical (unpaired) electrons. The third-order valence-electron chi connectivity index (χ3n) is 3.11. The first-order valence-electron chi connectivity index (χ1n) is 5.19. The van der Waals surface area contributed by atoms with Crippen LogP contribution in [0.3, 0.4) is 0 Å². The monoisotopic (exact) mass is 215 g/mol. The molecule has 2 nitrogen and oxygen atoms in total. The number of halogens is 1. The second-order valence-electron chi connectivity index (χ2n) is 4.03. The van der Waals surface area contributed by atoms with Crippen LogP contribution in [-0.4, -0.2) is 4.57 Å². The Morgan fingerprint density at radius 3 is 2.88 bits per heavy atom. The first-order valence-corrected chi connectivity index (χ1v) is 5.19. The lowest BCUT2D eigenvalue weighted by atomic mass is 9.97. The van der Waals surface area contributed by atoms with E-state index < -0.39 is 0 Å². The quantitative estimate of drug-likeness (QED) is 0.662. The third kappa shape index (κ3) is 1.08. The van der Waals surface area contributed by atoms with Crippen LogP contribution in [-0.2, 0) is 6.54 Å². The van der Waals surface area contributed by atoms with E-state index in [0.29, 0.717) is 17.4 Å². The van der Waals surface area contributed by atoms with Crippen LogP contribution >= 0.6 is 0 Å². The minimum absolute atomic E-state index is 0.0770. The molecule has 80 valence electrons. The van der Waals surface area contributed by atoms with Crippen molar-refractivity contribution in [3.8, 4) is 0 Å². The summed E-state index contributed by atoms with van der Waals surface area (Å²) in [5, 5.41) is 0.498. The van der Waals surface area contributed by atoms with Crippen LogP contribution in [0.5, 0.6) is 0 Å². The van der Waals surface area contributed by atoms with Crippen LogP contribution in [0.15, 0.2) is 35.6 Å². The molecule has 0 amide bonds. The maximum atomic E-state index is 13.6. The summed E-state index contributed by atoms with van der Waals surface area (Å²) in [4.78, 5) is 11.7. The molecule has 1 aliphatic heterocycles. The van der Waals surface area contributed by atoms with Gasteiger partial charge in [0.2, 0.25) is 0 Å². The second-order valence-corrected chi connectivity index (χ2v) is 4.03. The Hall–Kier alpha value is -1.90. The SMILES string of the molecule is C=C1CCn2c(=O)ccc3c(F)ccc1c32. The molecule has 0 saturated heterocycles. The van der Waals surface area contributed by atoms with Crippen LogP contribution in [0.2, 0.25) is 0 Å². The zero-order valence-corrected chi connectivity index (χ0v) is 8.66. The van der Waals surface area contributed by atoms with Crippen molar-refractivity contribution in [2.24, 2.45) is 0 Å². The van der Waals surface area contributed by atoms with Crippen molar-refractivity contribution in [1.29, 1.82) is 0 Å².